The zero-order valence-electron chi connectivity index (χ0n) is 9.45. The summed E-state index contributed by atoms with van der Waals surface area (Å²) < 4.78 is 0. The van der Waals surface area contributed by atoms with Gasteiger partial charge in [-0.25, -0.2) is 0 Å². The van der Waals surface area contributed by atoms with E-state index in [4.69, 9.17) is 0 Å². The van der Waals surface area contributed by atoms with Gasteiger partial charge in [-0.15, -0.1) is 0 Å². The Morgan fingerprint density at radius 1 is 1.20 bits per heavy atom. The number of β-lactam (4-membered cyclic amide) rings is 1. The van der Waals surface area contributed by atoms with E-state index in [0.29, 0.717) is 6.42 Å². The molecule has 0 radical (unpaired) electrons. The Hall–Kier alpha value is -1.06. The largest absolute Gasteiger partial charge is 0.343 e. The molecular formula is C11H18N2O2. The van der Waals surface area contributed by atoms with E-state index in [0.717, 1.165) is 32.6 Å². The van der Waals surface area contributed by atoms with Crippen LogP contribution in [0.2, 0.25) is 0 Å². The smallest absolute Gasteiger partial charge is 0.231 e. The normalized spacial score (nSPS) is 31.1. The zero-order chi connectivity index (χ0) is 11.1. The Labute approximate surface area is 90.2 Å². The second-order valence-electron chi connectivity index (χ2n) is 4.50. The van der Waals surface area contributed by atoms with Crippen LogP contribution in [0.4, 0.5) is 0 Å². The number of carbonyl (C=O) groups is 2. The summed E-state index contributed by atoms with van der Waals surface area (Å²) in [6.45, 7) is 7.03. The molecule has 0 aromatic rings. The maximum absolute atomic E-state index is 11.9. The number of carbonyl (C=O) groups excluding carboxylic acids is 2. The molecule has 1 atom stereocenters. The lowest BCUT2D eigenvalue weighted by Gasteiger charge is -2.51. The topological polar surface area (TPSA) is 40.6 Å². The van der Waals surface area contributed by atoms with Crippen molar-refractivity contribution in [1.29, 1.82) is 0 Å². The van der Waals surface area contributed by atoms with E-state index in [2.05, 4.69) is 0 Å². The summed E-state index contributed by atoms with van der Waals surface area (Å²) in [6, 6.07) is 0. The third-order valence-corrected chi connectivity index (χ3v) is 3.70. The van der Waals surface area contributed by atoms with Crippen molar-refractivity contribution in [2.75, 3.05) is 26.2 Å². The monoisotopic (exact) mass is 210 g/mol. The van der Waals surface area contributed by atoms with E-state index >= 15 is 0 Å². The Morgan fingerprint density at radius 2 is 1.87 bits per heavy atom. The van der Waals surface area contributed by atoms with Gasteiger partial charge in [0, 0.05) is 32.6 Å². The van der Waals surface area contributed by atoms with Gasteiger partial charge in [0.1, 0.15) is 0 Å². The third-order valence-electron chi connectivity index (χ3n) is 3.70. The molecular weight excluding hydrogens is 192 g/mol. The van der Waals surface area contributed by atoms with E-state index in [1.807, 2.05) is 23.6 Å². The predicted octanol–water partition coefficient (Wildman–Crippen LogP) is 0.477. The molecule has 2 amide bonds. The minimum absolute atomic E-state index is 0.146. The third kappa shape index (κ3) is 1.43. The highest BCUT2D eigenvalue weighted by Gasteiger charge is 2.54. The van der Waals surface area contributed by atoms with Gasteiger partial charge in [-0.3, -0.25) is 9.59 Å². The minimum atomic E-state index is -0.321. The van der Waals surface area contributed by atoms with Crippen LogP contribution < -0.4 is 0 Å². The molecule has 1 spiro atoms. The molecule has 4 nitrogen and oxygen atoms in total. The quantitative estimate of drug-likeness (QED) is 0.622. The Bertz CT molecular complexity index is 303. The highest BCUT2D eigenvalue weighted by molar-refractivity contribution is 5.94. The van der Waals surface area contributed by atoms with Crippen molar-refractivity contribution < 1.29 is 9.59 Å². The highest BCUT2D eigenvalue weighted by Crippen LogP contribution is 2.41. The van der Waals surface area contributed by atoms with Crippen LogP contribution in [0.5, 0.6) is 0 Å². The van der Waals surface area contributed by atoms with Crippen molar-refractivity contribution in [3.05, 3.63) is 0 Å². The van der Waals surface area contributed by atoms with Gasteiger partial charge in [0.15, 0.2) is 0 Å². The highest BCUT2D eigenvalue weighted by atomic mass is 16.2. The standard InChI is InChI=1S/C11H18N2O2/c1-3-12-6-5-11(7-9(12)14)8-13(4-2)10(11)15/h3-8H2,1-2H3. The van der Waals surface area contributed by atoms with E-state index < -0.39 is 0 Å². The Kier molecular flexibility index (Phi) is 2.44. The number of hydrogen-bond acceptors (Lipinski definition) is 2. The lowest BCUT2D eigenvalue weighted by Crippen LogP contribution is -2.65. The molecule has 0 aliphatic carbocycles. The summed E-state index contributed by atoms with van der Waals surface area (Å²) in [5, 5.41) is 0. The molecule has 2 saturated heterocycles. The van der Waals surface area contributed by atoms with Gasteiger partial charge >= 0.3 is 0 Å². The first-order chi connectivity index (χ1) is 7.13. The van der Waals surface area contributed by atoms with Crippen LogP contribution in [0.15, 0.2) is 0 Å². The van der Waals surface area contributed by atoms with Crippen LogP contribution in [0.3, 0.4) is 0 Å². The number of likely N-dealkylation sites (tertiary alicyclic amines) is 2. The average Bonchev–Trinajstić information content (AvgIpc) is 2.25. The summed E-state index contributed by atoms with van der Waals surface area (Å²) in [5.41, 5.74) is -0.321. The predicted molar refractivity (Wildman–Crippen MR) is 56.2 cm³/mol. The fraction of sp³-hybridized carbons (Fsp3) is 0.818. The lowest BCUT2D eigenvalue weighted by atomic mass is 9.71. The van der Waals surface area contributed by atoms with Crippen LogP contribution >= 0.6 is 0 Å². The average molecular weight is 210 g/mol. The maximum Gasteiger partial charge on any atom is 0.231 e. The fourth-order valence-electron chi connectivity index (χ4n) is 2.62. The van der Waals surface area contributed by atoms with Gasteiger partial charge in [0.25, 0.3) is 0 Å². The number of hydrogen-bond donors (Lipinski definition) is 0. The number of rotatable bonds is 2. The molecule has 1 unspecified atom stereocenters. The molecule has 15 heavy (non-hydrogen) atoms. The van der Waals surface area contributed by atoms with Crippen molar-refractivity contribution in [2.45, 2.75) is 26.7 Å². The molecule has 0 aromatic carbocycles. The van der Waals surface area contributed by atoms with Crippen LogP contribution in [-0.4, -0.2) is 47.8 Å². The first-order valence-corrected chi connectivity index (χ1v) is 5.70. The molecule has 4 heteroatoms. The second-order valence-corrected chi connectivity index (χ2v) is 4.50. The number of piperidine rings is 1. The first-order valence-electron chi connectivity index (χ1n) is 5.70. The summed E-state index contributed by atoms with van der Waals surface area (Å²) in [4.78, 5) is 27.3. The van der Waals surface area contributed by atoms with E-state index in [1.165, 1.54) is 0 Å². The molecule has 84 valence electrons. The zero-order valence-corrected chi connectivity index (χ0v) is 9.45. The molecule has 0 saturated carbocycles. The van der Waals surface area contributed by atoms with Gasteiger partial charge in [-0.05, 0) is 20.3 Å². The van der Waals surface area contributed by atoms with Gasteiger partial charge in [0.05, 0.1) is 5.41 Å². The van der Waals surface area contributed by atoms with Gasteiger partial charge in [-0.2, -0.15) is 0 Å². The first kappa shape index (κ1) is 10.5. The van der Waals surface area contributed by atoms with Gasteiger partial charge in [-0.1, -0.05) is 0 Å². The molecule has 2 fully saturated rings. The van der Waals surface area contributed by atoms with E-state index in [1.54, 1.807) is 0 Å². The van der Waals surface area contributed by atoms with Crippen LogP contribution in [0, 0.1) is 5.41 Å². The van der Waals surface area contributed by atoms with Crippen molar-refractivity contribution in [2.24, 2.45) is 5.41 Å². The van der Waals surface area contributed by atoms with Crippen molar-refractivity contribution >= 4 is 11.8 Å². The summed E-state index contributed by atoms with van der Waals surface area (Å²) in [6.07, 6.45) is 1.28. The van der Waals surface area contributed by atoms with Crippen molar-refractivity contribution in [1.82, 2.24) is 9.80 Å². The Balaban J connectivity index is 2.03. The van der Waals surface area contributed by atoms with E-state index in [-0.39, 0.29) is 17.2 Å². The Morgan fingerprint density at radius 3 is 2.33 bits per heavy atom. The van der Waals surface area contributed by atoms with Gasteiger partial charge < -0.3 is 9.80 Å². The molecule has 2 aliphatic heterocycles. The SMILES string of the molecule is CCN1CCC2(CC1=O)CN(CC)C2=O. The fourth-order valence-corrected chi connectivity index (χ4v) is 2.62. The molecule has 0 N–H and O–H groups in total. The van der Waals surface area contributed by atoms with E-state index in [9.17, 15) is 9.59 Å². The van der Waals surface area contributed by atoms with Crippen LogP contribution in [0.1, 0.15) is 26.7 Å². The summed E-state index contributed by atoms with van der Waals surface area (Å²) in [5.74, 6) is 0.335. The maximum atomic E-state index is 11.9. The minimum Gasteiger partial charge on any atom is -0.343 e. The molecule has 2 rings (SSSR count). The van der Waals surface area contributed by atoms with Crippen molar-refractivity contribution in [3.8, 4) is 0 Å². The molecule has 2 aliphatic rings. The van der Waals surface area contributed by atoms with Crippen LogP contribution in [-0.2, 0) is 9.59 Å². The summed E-state index contributed by atoms with van der Waals surface area (Å²) in [7, 11) is 0. The number of amides is 2. The number of nitrogens with zero attached hydrogens (tertiary/aromatic N) is 2. The van der Waals surface area contributed by atoms with Crippen molar-refractivity contribution in [3.63, 3.8) is 0 Å². The molecule has 0 bridgehead atoms. The molecule has 0 aromatic heterocycles. The lowest BCUT2D eigenvalue weighted by molar-refractivity contribution is -0.170. The van der Waals surface area contributed by atoms with Gasteiger partial charge in [0.2, 0.25) is 11.8 Å². The van der Waals surface area contributed by atoms with Crippen LogP contribution in [0.25, 0.3) is 0 Å². The molecule has 2 heterocycles. The summed E-state index contributed by atoms with van der Waals surface area (Å²) >= 11 is 0. The second kappa shape index (κ2) is 3.51.